The number of thioether (sulfide) groups is 2. The highest BCUT2D eigenvalue weighted by Gasteiger charge is 2.23. The van der Waals surface area contributed by atoms with Gasteiger partial charge in [0.05, 0.1) is 15.2 Å². The van der Waals surface area contributed by atoms with E-state index in [0.29, 0.717) is 4.90 Å². The van der Waals surface area contributed by atoms with Crippen LogP contribution >= 0.6 is 23.5 Å². The van der Waals surface area contributed by atoms with E-state index in [0.717, 1.165) is 15.4 Å². The van der Waals surface area contributed by atoms with Gasteiger partial charge >= 0.3 is 0 Å². The highest BCUT2D eigenvalue weighted by molar-refractivity contribution is 8.17. The molecule has 0 saturated carbocycles. The summed E-state index contributed by atoms with van der Waals surface area (Å²) in [6.07, 6.45) is 0. The molecule has 0 aromatic heterocycles. The van der Waals surface area contributed by atoms with Crippen molar-refractivity contribution in [3.05, 3.63) is 78.4 Å². The normalized spacial score (nSPS) is 11.6. The molecule has 0 aliphatic rings. The Bertz CT molecular complexity index is 965. The molecular weight excluding hydrogens is 412 g/mol. The molecule has 2 N–H and O–H groups in total. The van der Waals surface area contributed by atoms with Crippen LogP contribution < -0.4 is 0 Å². The van der Waals surface area contributed by atoms with Crippen LogP contribution in [0, 0.1) is 6.92 Å². The van der Waals surface area contributed by atoms with Gasteiger partial charge in [0, 0.05) is 9.79 Å². The Labute approximate surface area is 173 Å². The van der Waals surface area contributed by atoms with Crippen LogP contribution in [0.5, 0.6) is 11.5 Å². The minimum atomic E-state index is -3.47. The van der Waals surface area contributed by atoms with Crippen LogP contribution in [-0.2, 0) is 9.84 Å². The maximum Gasteiger partial charge on any atom is 0.180 e. The summed E-state index contributed by atoms with van der Waals surface area (Å²) >= 11 is 2.86. The van der Waals surface area contributed by atoms with E-state index >= 15 is 0 Å². The zero-order chi connectivity index (χ0) is 20.1. The molecule has 0 saturated heterocycles. The van der Waals surface area contributed by atoms with Crippen molar-refractivity contribution in [2.75, 3.05) is 5.75 Å². The lowest BCUT2D eigenvalue weighted by Gasteiger charge is -2.17. The van der Waals surface area contributed by atoms with E-state index in [1.54, 1.807) is 72.8 Å². The van der Waals surface area contributed by atoms with Gasteiger partial charge in [0.15, 0.2) is 9.84 Å². The van der Waals surface area contributed by atoms with Gasteiger partial charge in [0.25, 0.3) is 0 Å². The van der Waals surface area contributed by atoms with Crippen LogP contribution in [0.1, 0.15) is 5.56 Å². The number of aromatic hydroxyl groups is 2. The van der Waals surface area contributed by atoms with Gasteiger partial charge in [0.2, 0.25) is 0 Å². The second kappa shape index (κ2) is 8.94. The number of hydrogen-bond acceptors (Lipinski definition) is 6. The molecule has 0 bridgehead atoms. The van der Waals surface area contributed by atoms with Crippen LogP contribution in [0.3, 0.4) is 0 Å². The Morgan fingerprint density at radius 1 is 0.750 bits per heavy atom. The molecule has 0 amide bonds. The average molecular weight is 433 g/mol. The Hall–Kier alpha value is -2.09. The predicted molar refractivity (Wildman–Crippen MR) is 115 cm³/mol. The fraction of sp³-hybridized carbons (Fsp3) is 0.143. The Morgan fingerprint density at radius 2 is 1.18 bits per heavy atom. The first-order valence-electron chi connectivity index (χ1n) is 8.53. The number of hydrogen-bond donors (Lipinski definition) is 2. The largest absolute Gasteiger partial charge is 0.508 e. The molecule has 4 nitrogen and oxygen atoms in total. The standard InChI is InChI=1S/C21H20O4S3/c1-15-2-12-20(13-3-15)28(24,25)14-21(26-18-8-4-16(22)5-9-18)27-19-10-6-17(23)7-11-19/h2-13,21-23H,14H2,1H3. The molecule has 3 rings (SSSR count). The van der Waals surface area contributed by atoms with Crippen molar-refractivity contribution in [3.63, 3.8) is 0 Å². The summed E-state index contributed by atoms with van der Waals surface area (Å²) < 4.78 is 25.6. The molecule has 0 radical (unpaired) electrons. The molecule has 0 spiro atoms. The van der Waals surface area contributed by atoms with E-state index in [1.807, 2.05) is 6.92 Å². The first-order valence-corrected chi connectivity index (χ1v) is 11.9. The highest BCUT2D eigenvalue weighted by atomic mass is 32.2. The maximum atomic E-state index is 12.9. The Kier molecular flexibility index (Phi) is 6.59. The molecule has 0 atom stereocenters. The monoisotopic (exact) mass is 432 g/mol. The van der Waals surface area contributed by atoms with Crippen LogP contribution in [0.25, 0.3) is 0 Å². The Morgan fingerprint density at radius 3 is 1.61 bits per heavy atom. The van der Waals surface area contributed by atoms with Crippen molar-refractivity contribution in [2.45, 2.75) is 26.2 Å². The van der Waals surface area contributed by atoms with Crippen LogP contribution in [0.4, 0.5) is 0 Å². The molecule has 0 unspecified atom stereocenters. The summed E-state index contributed by atoms with van der Waals surface area (Å²) in [6, 6.07) is 20.3. The zero-order valence-corrected chi connectivity index (χ0v) is 17.6. The van der Waals surface area contributed by atoms with Crippen molar-refractivity contribution < 1.29 is 18.6 Å². The van der Waals surface area contributed by atoms with Gasteiger partial charge in [0.1, 0.15) is 11.5 Å². The lowest BCUT2D eigenvalue weighted by molar-refractivity contribution is 0.474. The fourth-order valence-electron chi connectivity index (χ4n) is 2.47. The summed E-state index contributed by atoms with van der Waals surface area (Å²) in [7, 11) is -3.47. The fourth-order valence-corrected chi connectivity index (χ4v) is 7.24. The molecular formula is C21H20O4S3. The van der Waals surface area contributed by atoms with Crippen LogP contribution in [0.15, 0.2) is 87.5 Å². The molecule has 0 aliphatic carbocycles. The second-order valence-corrected chi connectivity index (χ2v) is 11.1. The van der Waals surface area contributed by atoms with E-state index in [9.17, 15) is 18.6 Å². The summed E-state index contributed by atoms with van der Waals surface area (Å²) in [5, 5.41) is 19.0. The molecule has 0 aliphatic heterocycles. The van der Waals surface area contributed by atoms with Gasteiger partial charge in [-0.15, -0.1) is 23.5 Å². The number of aryl methyl sites for hydroxylation is 1. The summed E-state index contributed by atoms with van der Waals surface area (Å²) in [4.78, 5) is 2.04. The van der Waals surface area contributed by atoms with Crippen LogP contribution in [-0.4, -0.2) is 29.0 Å². The van der Waals surface area contributed by atoms with Crippen molar-refractivity contribution >= 4 is 33.4 Å². The van der Waals surface area contributed by atoms with Gasteiger partial charge < -0.3 is 10.2 Å². The molecule has 28 heavy (non-hydrogen) atoms. The summed E-state index contributed by atoms with van der Waals surface area (Å²) in [5.74, 6) is 0.284. The van der Waals surface area contributed by atoms with Gasteiger partial charge in [-0.1, -0.05) is 17.7 Å². The van der Waals surface area contributed by atoms with Gasteiger partial charge in [-0.3, -0.25) is 0 Å². The minimum Gasteiger partial charge on any atom is -0.508 e. The first kappa shape index (κ1) is 20.6. The lowest BCUT2D eigenvalue weighted by Crippen LogP contribution is -2.16. The molecule has 3 aromatic carbocycles. The topological polar surface area (TPSA) is 74.6 Å². The number of sulfone groups is 1. The Balaban J connectivity index is 1.84. The van der Waals surface area contributed by atoms with E-state index in [1.165, 1.54) is 23.5 Å². The number of phenolic OH excluding ortho intramolecular Hbond substituents is 2. The number of rotatable bonds is 7. The SMILES string of the molecule is Cc1ccc(S(=O)(=O)CC(Sc2ccc(O)cc2)Sc2ccc(O)cc2)cc1. The quantitative estimate of drug-likeness (QED) is 0.400. The van der Waals surface area contributed by atoms with Gasteiger partial charge in [-0.05, 0) is 67.6 Å². The summed E-state index contributed by atoms with van der Waals surface area (Å²) in [6.45, 7) is 1.92. The molecule has 3 aromatic rings. The smallest absolute Gasteiger partial charge is 0.180 e. The lowest BCUT2D eigenvalue weighted by atomic mass is 10.2. The zero-order valence-electron chi connectivity index (χ0n) is 15.1. The van der Waals surface area contributed by atoms with Crippen molar-refractivity contribution in [1.29, 1.82) is 0 Å². The highest BCUT2D eigenvalue weighted by Crippen LogP contribution is 2.38. The molecule has 7 heteroatoms. The van der Waals surface area contributed by atoms with Gasteiger partial charge in [-0.2, -0.15) is 0 Å². The predicted octanol–water partition coefficient (Wildman–Crippen LogP) is 5.09. The van der Waals surface area contributed by atoms with Crippen molar-refractivity contribution in [3.8, 4) is 11.5 Å². The average Bonchev–Trinajstić information content (AvgIpc) is 2.65. The maximum absolute atomic E-state index is 12.9. The van der Waals surface area contributed by atoms with E-state index in [-0.39, 0.29) is 21.8 Å². The third kappa shape index (κ3) is 5.70. The van der Waals surface area contributed by atoms with Gasteiger partial charge in [-0.25, -0.2) is 8.42 Å². The number of benzene rings is 3. The van der Waals surface area contributed by atoms with Crippen molar-refractivity contribution in [2.24, 2.45) is 0 Å². The van der Waals surface area contributed by atoms with Crippen LogP contribution in [0.2, 0.25) is 0 Å². The van der Waals surface area contributed by atoms with E-state index in [2.05, 4.69) is 0 Å². The second-order valence-electron chi connectivity index (χ2n) is 6.25. The summed E-state index contributed by atoms with van der Waals surface area (Å²) in [5.41, 5.74) is 1.01. The minimum absolute atomic E-state index is 0.0485. The van der Waals surface area contributed by atoms with E-state index in [4.69, 9.17) is 0 Å². The molecule has 0 fully saturated rings. The van der Waals surface area contributed by atoms with E-state index < -0.39 is 9.84 Å². The molecule has 146 valence electrons. The third-order valence-electron chi connectivity index (χ3n) is 3.94. The third-order valence-corrected chi connectivity index (χ3v) is 8.65. The molecule has 0 heterocycles. The van der Waals surface area contributed by atoms with Crippen molar-refractivity contribution in [1.82, 2.24) is 0 Å². The number of phenols is 2. The first-order chi connectivity index (χ1) is 13.3.